The van der Waals surface area contributed by atoms with E-state index in [0.717, 1.165) is 29.1 Å². The van der Waals surface area contributed by atoms with Crippen LogP contribution in [0.3, 0.4) is 0 Å². The second kappa shape index (κ2) is 7.77. The van der Waals surface area contributed by atoms with Gasteiger partial charge in [0.15, 0.2) is 5.65 Å². The van der Waals surface area contributed by atoms with Crippen LogP contribution in [0.15, 0.2) is 42.7 Å². The summed E-state index contributed by atoms with van der Waals surface area (Å²) in [5, 5.41) is 21.5. The summed E-state index contributed by atoms with van der Waals surface area (Å²) in [6, 6.07) is 10.3. The first-order valence-corrected chi connectivity index (χ1v) is 14.0. The van der Waals surface area contributed by atoms with E-state index in [-0.39, 0.29) is 0 Å². The monoisotopic (exact) mass is 443 g/mol. The molecular formula is C21H26ClN5O2Si. The molecule has 1 aromatic carbocycles. The predicted molar refractivity (Wildman–Crippen MR) is 121 cm³/mol. The number of fused-ring (bicyclic) bond motifs is 2. The fraction of sp³-hybridized carbons (Fsp3) is 0.381. The lowest BCUT2D eigenvalue weighted by atomic mass is 9.92. The van der Waals surface area contributed by atoms with Crippen LogP contribution in [0.4, 0.5) is 0 Å². The molecule has 3 aromatic heterocycles. The van der Waals surface area contributed by atoms with Gasteiger partial charge in [-0.05, 0) is 42.8 Å². The highest BCUT2D eigenvalue weighted by atomic mass is 35.5. The smallest absolute Gasteiger partial charge is 0.154 e. The van der Waals surface area contributed by atoms with Gasteiger partial charge in [0.05, 0.1) is 17.4 Å². The second-order valence-corrected chi connectivity index (χ2v) is 14.9. The largest absolute Gasteiger partial charge is 0.379 e. The molecule has 7 nitrogen and oxygen atoms in total. The minimum Gasteiger partial charge on any atom is -0.379 e. The molecule has 0 amide bonds. The second-order valence-electron chi connectivity index (χ2n) is 8.93. The first-order chi connectivity index (χ1) is 14.1. The van der Waals surface area contributed by atoms with Gasteiger partial charge >= 0.3 is 0 Å². The van der Waals surface area contributed by atoms with Crippen molar-refractivity contribution in [2.75, 3.05) is 6.61 Å². The third-order valence-electron chi connectivity index (χ3n) is 5.16. The number of aliphatic hydroxyl groups is 1. The number of hydrogen-bond donors (Lipinski definition) is 1. The standard InChI is InChI=1S/C21H26ClN5O2Si/c1-21(28,18-12-23-20-8-7-19(22)25-27(18)20)16-5-6-17-15(11-16)13-26(24-17)14-29-9-10-30(2,3)4/h5-8,11-13,28H,9-10,14H2,1-4H3. The van der Waals surface area contributed by atoms with Gasteiger partial charge in [-0.2, -0.15) is 10.2 Å². The van der Waals surface area contributed by atoms with E-state index in [2.05, 4.69) is 34.8 Å². The third-order valence-corrected chi connectivity index (χ3v) is 7.07. The lowest BCUT2D eigenvalue weighted by Crippen LogP contribution is -2.25. The maximum atomic E-state index is 11.4. The summed E-state index contributed by atoms with van der Waals surface area (Å²) in [5.41, 5.74) is 1.43. The summed E-state index contributed by atoms with van der Waals surface area (Å²) in [4.78, 5) is 4.33. The molecule has 1 unspecified atom stereocenters. The van der Waals surface area contributed by atoms with Crippen molar-refractivity contribution in [2.45, 2.75) is 44.9 Å². The van der Waals surface area contributed by atoms with Crippen LogP contribution in [0.5, 0.6) is 0 Å². The van der Waals surface area contributed by atoms with Gasteiger partial charge in [-0.1, -0.05) is 37.3 Å². The van der Waals surface area contributed by atoms with Gasteiger partial charge in [-0.25, -0.2) is 14.2 Å². The maximum absolute atomic E-state index is 11.4. The maximum Gasteiger partial charge on any atom is 0.154 e. The van der Waals surface area contributed by atoms with Gasteiger partial charge < -0.3 is 9.84 Å². The summed E-state index contributed by atoms with van der Waals surface area (Å²) in [5.74, 6) is 0. The van der Waals surface area contributed by atoms with Crippen molar-refractivity contribution in [1.29, 1.82) is 0 Å². The third kappa shape index (κ3) is 4.27. The van der Waals surface area contributed by atoms with Crippen molar-refractivity contribution in [3.63, 3.8) is 0 Å². The van der Waals surface area contributed by atoms with Crippen LogP contribution >= 0.6 is 11.6 Å². The van der Waals surface area contributed by atoms with Crippen molar-refractivity contribution in [3.05, 3.63) is 59.1 Å². The minimum absolute atomic E-state index is 0.336. The Labute approximate surface area is 181 Å². The molecular weight excluding hydrogens is 418 g/mol. The molecule has 9 heteroatoms. The fourth-order valence-electron chi connectivity index (χ4n) is 3.31. The van der Waals surface area contributed by atoms with E-state index in [9.17, 15) is 5.11 Å². The molecule has 0 saturated heterocycles. The zero-order chi connectivity index (χ0) is 21.5. The highest BCUT2D eigenvalue weighted by Crippen LogP contribution is 2.31. The first kappa shape index (κ1) is 21.0. The van der Waals surface area contributed by atoms with E-state index in [1.807, 2.05) is 24.4 Å². The number of hydrogen-bond acceptors (Lipinski definition) is 5. The number of imidazole rings is 1. The summed E-state index contributed by atoms with van der Waals surface area (Å²) >= 11 is 6.04. The highest BCUT2D eigenvalue weighted by Gasteiger charge is 2.30. The SMILES string of the molecule is CC(O)(c1ccc2nn(COCC[Si](C)(C)C)cc2c1)c1cnc2ccc(Cl)nn12. The van der Waals surface area contributed by atoms with Gasteiger partial charge in [0.25, 0.3) is 0 Å². The fourth-order valence-corrected chi connectivity index (χ4v) is 4.21. The summed E-state index contributed by atoms with van der Waals surface area (Å²) < 4.78 is 9.16. The average molecular weight is 444 g/mol. The highest BCUT2D eigenvalue weighted by molar-refractivity contribution is 6.76. The zero-order valence-corrected chi connectivity index (χ0v) is 19.4. The van der Waals surface area contributed by atoms with Gasteiger partial charge in [-0.3, -0.25) is 0 Å². The molecule has 1 N–H and O–H groups in total. The molecule has 0 fully saturated rings. The van der Waals surface area contributed by atoms with E-state index in [4.69, 9.17) is 16.3 Å². The van der Waals surface area contributed by atoms with Crippen molar-refractivity contribution >= 4 is 36.2 Å². The normalized spacial score (nSPS) is 14.5. The van der Waals surface area contributed by atoms with E-state index in [1.165, 1.54) is 0 Å². The van der Waals surface area contributed by atoms with Crippen molar-refractivity contribution in [2.24, 2.45) is 0 Å². The molecule has 0 bridgehead atoms. The van der Waals surface area contributed by atoms with Crippen LogP contribution < -0.4 is 0 Å². The van der Waals surface area contributed by atoms with E-state index in [0.29, 0.717) is 23.2 Å². The minimum atomic E-state index is -1.30. The van der Waals surface area contributed by atoms with E-state index in [1.54, 1.807) is 34.5 Å². The molecule has 1 atom stereocenters. The Bertz CT molecular complexity index is 1200. The van der Waals surface area contributed by atoms with Gasteiger partial charge in [0.2, 0.25) is 0 Å². The van der Waals surface area contributed by atoms with Crippen molar-refractivity contribution in [1.82, 2.24) is 24.4 Å². The Morgan fingerprint density at radius 2 is 1.97 bits per heavy atom. The number of benzene rings is 1. The predicted octanol–water partition coefficient (Wildman–Crippen LogP) is 4.30. The van der Waals surface area contributed by atoms with Gasteiger partial charge in [0, 0.05) is 26.3 Å². The lowest BCUT2D eigenvalue weighted by molar-refractivity contribution is 0.0791. The summed E-state index contributed by atoms with van der Waals surface area (Å²) in [7, 11) is -1.11. The molecule has 158 valence electrons. The Balaban J connectivity index is 1.58. The topological polar surface area (TPSA) is 77.5 Å². The molecule has 30 heavy (non-hydrogen) atoms. The molecule has 4 rings (SSSR count). The van der Waals surface area contributed by atoms with Crippen molar-refractivity contribution in [3.8, 4) is 0 Å². The summed E-state index contributed by atoms with van der Waals surface area (Å²) in [6.07, 6.45) is 3.56. The number of halogens is 1. The molecule has 0 aliphatic carbocycles. The van der Waals surface area contributed by atoms with Crippen LogP contribution in [0, 0.1) is 0 Å². The zero-order valence-electron chi connectivity index (χ0n) is 17.6. The van der Waals surface area contributed by atoms with Crippen molar-refractivity contribution < 1.29 is 9.84 Å². The lowest BCUT2D eigenvalue weighted by Gasteiger charge is -2.23. The van der Waals surface area contributed by atoms with E-state index >= 15 is 0 Å². The van der Waals surface area contributed by atoms with Crippen LogP contribution in [0.1, 0.15) is 18.2 Å². The van der Waals surface area contributed by atoms with Crippen LogP contribution in [0.2, 0.25) is 30.8 Å². The number of nitrogens with zero attached hydrogens (tertiary/aromatic N) is 5. The molecule has 0 spiro atoms. The van der Waals surface area contributed by atoms with E-state index < -0.39 is 13.7 Å². The number of ether oxygens (including phenoxy) is 1. The average Bonchev–Trinajstić information content (AvgIpc) is 3.27. The van der Waals surface area contributed by atoms with Crippen LogP contribution in [0.25, 0.3) is 16.6 Å². The molecule has 3 heterocycles. The number of aromatic nitrogens is 5. The molecule has 0 radical (unpaired) electrons. The van der Waals surface area contributed by atoms with Crippen LogP contribution in [-0.4, -0.2) is 44.2 Å². The van der Waals surface area contributed by atoms with Gasteiger partial charge in [-0.15, -0.1) is 0 Å². The Morgan fingerprint density at radius 1 is 1.17 bits per heavy atom. The Kier molecular flexibility index (Phi) is 5.44. The first-order valence-electron chi connectivity index (χ1n) is 9.92. The summed E-state index contributed by atoms with van der Waals surface area (Å²) in [6.45, 7) is 9.89. The Morgan fingerprint density at radius 3 is 2.73 bits per heavy atom. The van der Waals surface area contributed by atoms with Gasteiger partial charge in [0.1, 0.15) is 17.5 Å². The quantitative estimate of drug-likeness (QED) is 0.340. The molecule has 0 aliphatic heterocycles. The Hall–Kier alpha value is -2.26. The number of rotatable bonds is 7. The molecule has 4 aromatic rings. The molecule has 0 saturated carbocycles. The molecule has 0 aliphatic rings. The van der Waals surface area contributed by atoms with Crippen LogP contribution in [-0.2, 0) is 17.1 Å².